The largest absolute Gasteiger partial charge is 0.333 e. The van der Waals surface area contributed by atoms with Crippen molar-refractivity contribution in [3.05, 3.63) is 29.6 Å². The van der Waals surface area contributed by atoms with E-state index in [-0.39, 0.29) is 18.0 Å². The molecule has 0 aromatic carbocycles. The number of nitrogens with zero attached hydrogens (tertiary/aromatic N) is 2. The number of amides is 1. The van der Waals surface area contributed by atoms with Crippen LogP contribution < -0.4 is 5.73 Å². The second kappa shape index (κ2) is 5.48. The van der Waals surface area contributed by atoms with Gasteiger partial charge >= 0.3 is 0 Å². The average molecular weight is 247 g/mol. The van der Waals surface area contributed by atoms with E-state index in [1.807, 2.05) is 30.2 Å². The van der Waals surface area contributed by atoms with Gasteiger partial charge in [-0.15, -0.1) is 0 Å². The van der Waals surface area contributed by atoms with Crippen LogP contribution in [0.1, 0.15) is 43.5 Å². The molecular weight excluding hydrogens is 226 g/mol. The maximum Gasteiger partial charge on any atom is 0.223 e. The molecule has 18 heavy (non-hydrogen) atoms. The number of aryl methyl sites for hydroxylation is 1. The van der Waals surface area contributed by atoms with E-state index in [0.29, 0.717) is 6.42 Å². The quantitative estimate of drug-likeness (QED) is 0.886. The van der Waals surface area contributed by atoms with Gasteiger partial charge in [0.1, 0.15) is 0 Å². The average Bonchev–Trinajstić information content (AvgIpc) is 2.36. The molecule has 1 aliphatic rings. The number of hydrogen-bond acceptors (Lipinski definition) is 3. The maximum atomic E-state index is 12.0. The Morgan fingerprint density at radius 1 is 1.50 bits per heavy atom. The van der Waals surface area contributed by atoms with Crippen LogP contribution in [-0.2, 0) is 4.79 Å². The van der Waals surface area contributed by atoms with Gasteiger partial charge in [0.25, 0.3) is 0 Å². The third-order valence-electron chi connectivity index (χ3n) is 3.45. The number of pyridine rings is 1. The molecule has 4 heteroatoms. The molecule has 0 spiro atoms. The van der Waals surface area contributed by atoms with Crippen molar-refractivity contribution in [3.8, 4) is 0 Å². The van der Waals surface area contributed by atoms with E-state index in [4.69, 9.17) is 5.73 Å². The maximum absolute atomic E-state index is 12.0. The summed E-state index contributed by atoms with van der Waals surface area (Å²) in [4.78, 5) is 18.4. The van der Waals surface area contributed by atoms with E-state index in [2.05, 4.69) is 11.9 Å². The predicted molar refractivity (Wildman–Crippen MR) is 70.9 cm³/mol. The summed E-state index contributed by atoms with van der Waals surface area (Å²) < 4.78 is 0. The first-order chi connectivity index (χ1) is 8.63. The molecular formula is C14H21N3O. The second-order valence-corrected chi connectivity index (χ2v) is 4.99. The van der Waals surface area contributed by atoms with E-state index >= 15 is 0 Å². The Morgan fingerprint density at radius 2 is 2.28 bits per heavy atom. The molecule has 1 amide bonds. The number of aromatic nitrogens is 1. The fourth-order valence-corrected chi connectivity index (χ4v) is 2.52. The van der Waals surface area contributed by atoms with Crippen LogP contribution in [0.15, 0.2) is 18.3 Å². The number of piperidine rings is 1. The van der Waals surface area contributed by atoms with E-state index in [1.54, 1.807) is 0 Å². The van der Waals surface area contributed by atoms with Gasteiger partial charge in [0, 0.05) is 25.2 Å². The first kappa shape index (κ1) is 13.0. The first-order valence-electron chi connectivity index (χ1n) is 6.61. The van der Waals surface area contributed by atoms with Crippen molar-refractivity contribution in [1.29, 1.82) is 0 Å². The highest BCUT2D eigenvalue weighted by Crippen LogP contribution is 2.29. The summed E-state index contributed by atoms with van der Waals surface area (Å²) in [6, 6.07) is 3.94. The van der Waals surface area contributed by atoms with E-state index in [1.165, 1.54) is 0 Å². The van der Waals surface area contributed by atoms with Gasteiger partial charge in [-0.3, -0.25) is 9.78 Å². The molecule has 0 aliphatic carbocycles. The normalized spacial score (nSPS) is 24.4. The molecule has 1 fully saturated rings. The fourth-order valence-electron chi connectivity index (χ4n) is 2.52. The Hall–Kier alpha value is -1.42. The van der Waals surface area contributed by atoms with Crippen molar-refractivity contribution in [2.45, 2.75) is 45.2 Å². The Balaban J connectivity index is 2.30. The Bertz CT molecular complexity index is 416. The summed E-state index contributed by atoms with van der Waals surface area (Å²) in [5.74, 6) is 0.200. The molecule has 2 rings (SSSR count). The standard InChI is InChI=1S/C14H21N3O/c1-3-8-17-13(18)7-5-11(15)14(17)12-6-4-10(2)9-16-12/h4,6,9,11,14H,3,5,7-8,15H2,1-2H3. The number of carbonyl (C=O) groups excluding carboxylic acids is 1. The van der Waals surface area contributed by atoms with Crippen LogP contribution in [0.3, 0.4) is 0 Å². The van der Waals surface area contributed by atoms with E-state index in [9.17, 15) is 4.79 Å². The van der Waals surface area contributed by atoms with Crippen LogP contribution in [0.25, 0.3) is 0 Å². The molecule has 2 atom stereocenters. The van der Waals surface area contributed by atoms with Crippen LogP contribution in [0.4, 0.5) is 0 Å². The highest BCUT2D eigenvalue weighted by molar-refractivity contribution is 5.77. The van der Waals surface area contributed by atoms with Gasteiger partial charge in [-0.25, -0.2) is 0 Å². The summed E-state index contributed by atoms with van der Waals surface area (Å²) >= 11 is 0. The lowest BCUT2D eigenvalue weighted by atomic mass is 9.93. The lowest BCUT2D eigenvalue weighted by Gasteiger charge is -2.39. The Labute approximate surface area is 108 Å². The van der Waals surface area contributed by atoms with Gasteiger partial charge in [-0.2, -0.15) is 0 Å². The molecule has 1 aromatic rings. The molecule has 4 nitrogen and oxygen atoms in total. The van der Waals surface area contributed by atoms with Crippen LogP contribution >= 0.6 is 0 Å². The third kappa shape index (κ3) is 2.53. The van der Waals surface area contributed by atoms with Crippen molar-refractivity contribution in [1.82, 2.24) is 9.88 Å². The van der Waals surface area contributed by atoms with Crippen molar-refractivity contribution in [3.63, 3.8) is 0 Å². The lowest BCUT2D eigenvalue weighted by molar-refractivity contribution is -0.137. The molecule has 1 aliphatic heterocycles. The van der Waals surface area contributed by atoms with Gasteiger partial charge in [-0.05, 0) is 31.4 Å². The van der Waals surface area contributed by atoms with Gasteiger partial charge in [0.05, 0.1) is 11.7 Å². The van der Waals surface area contributed by atoms with Crippen LogP contribution in [0.2, 0.25) is 0 Å². The highest BCUT2D eigenvalue weighted by Gasteiger charge is 2.34. The van der Waals surface area contributed by atoms with Gasteiger partial charge in [0.2, 0.25) is 5.91 Å². The van der Waals surface area contributed by atoms with Gasteiger partial charge < -0.3 is 10.6 Å². The highest BCUT2D eigenvalue weighted by atomic mass is 16.2. The summed E-state index contributed by atoms with van der Waals surface area (Å²) in [6.07, 6.45) is 4.09. The monoisotopic (exact) mass is 247 g/mol. The zero-order valence-electron chi connectivity index (χ0n) is 11.1. The zero-order chi connectivity index (χ0) is 13.1. The first-order valence-corrected chi connectivity index (χ1v) is 6.61. The zero-order valence-corrected chi connectivity index (χ0v) is 11.1. The summed E-state index contributed by atoms with van der Waals surface area (Å²) in [5, 5.41) is 0. The second-order valence-electron chi connectivity index (χ2n) is 4.99. The van der Waals surface area contributed by atoms with E-state index < -0.39 is 0 Å². The van der Waals surface area contributed by atoms with Crippen LogP contribution in [-0.4, -0.2) is 28.4 Å². The minimum atomic E-state index is -0.0631. The van der Waals surface area contributed by atoms with Crippen molar-refractivity contribution in [2.75, 3.05) is 6.54 Å². The van der Waals surface area contributed by atoms with E-state index in [0.717, 1.165) is 30.6 Å². The molecule has 1 saturated heterocycles. The number of hydrogen-bond donors (Lipinski definition) is 1. The summed E-state index contributed by atoms with van der Waals surface area (Å²) in [6.45, 7) is 4.84. The SMILES string of the molecule is CCCN1C(=O)CCC(N)C1c1ccc(C)cn1. The van der Waals surface area contributed by atoms with Crippen LogP contribution in [0, 0.1) is 6.92 Å². The molecule has 1 aromatic heterocycles. The molecule has 0 saturated carbocycles. The Morgan fingerprint density at radius 3 is 2.89 bits per heavy atom. The van der Waals surface area contributed by atoms with Crippen molar-refractivity contribution < 1.29 is 4.79 Å². The third-order valence-corrected chi connectivity index (χ3v) is 3.45. The van der Waals surface area contributed by atoms with Crippen LogP contribution in [0.5, 0.6) is 0 Å². The summed E-state index contributed by atoms with van der Waals surface area (Å²) in [7, 11) is 0. The fraction of sp³-hybridized carbons (Fsp3) is 0.571. The lowest BCUT2D eigenvalue weighted by Crippen LogP contribution is -2.49. The minimum Gasteiger partial charge on any atom is -0.333 e. The van der Waals surface area contributed by atoms with Gasteiger partial charge in [-0.1, -0.05) is 13.0 Å². The molecule has 2 heterocycles. The summed E-state index contributed by atoms with van der Waals surface area (Å²) in [5.41, 5.74) is 8.23. The number of nitrogens with two attached hydrogens (primary N) is 1. The predicted octanol–water partition coefficient (Wildman–Crippen LogP) is 1.79. The molecule has 2 unspecified atom stereocenters. The molecule has 0 bridgehead atoms. The smallest absolute Gasteiger partial charge is 0.223 e. The topological polar surface area (TPSA) is 59.2 Å². The Kier molecular flexibility index (Phi) is 3.97. The molecule has 98 valence electrons. The minimum absolute atomic E-state index is 0.00976. The van der Waals surface area contributed by atoms with Crippen molar-refractivity contribution in [2.24, 2.45) is 5.73 Å². The molecule has 2 N–H and O–H groups in total. The van der Waals surface area contributed by atoms with Crippen molar-refractivity contribution >= 4 is 5.91 Å². The molecule has 0 radical (unpaired) electrons. The number of rotatable bonds is 3. The number of likely N-dealkylation sites (tertiary alicyclic amines) is 1. The number of carbonyl (C=O) groups is 1. The van der Waals surface area contributed by atoms with Gasteiger partial charge in [0.15, 0.2) is 0 Å².